The van der Waals surface area contributed by atoms with Crippen molar-refractivity contribution in [3.8, 4) is 0 Å². The minimum absolute atomic E-state index is 0.828. The lowest BCUT2D eigenvalue weighted by Crippen LogP contribution is -2.14. The van der Waals surface area contributed by atoms with Crippen LogP contribution in [-0.4, -0.2) is 18.1 Å². The minimum Gasteiger partial charge on any atom is -0.313 e. The molecule has 1 aromatic rings. The Kier molecular flexibility index (Phi) is 7.14. The van der Waals surface area contributed by atoms with Crippen molar-refractivity contribution in [1.82, 2.24) is 5.32 Å². The first-order chi connectivity index (χ1) is 7.29. The average Bonchev–Trinajstić information content (AvgIpc) is 2.68. The van der Waals surface area contributed by atoms with Crippen LogP contribution >= 0.6 is 23.1 Å². The van der Waals surface area contributed by atoms with E-state index >= 15 is 0 Å². The van der Waals surface area contributed by atoms with Crippen molar-refractivity contribution in [2.75, 3.05) is 18.1 Å². The number of thioether (sulfide) groups is 1. The quantitative estimate of drug-likeness (QED) is 0.700. The maximum atomic E-state index is 3.47. The SMILES string of the molecule is CC(C)CSCCCNCc1ccsc1. The highest BCUT2D eigenvalue weighted by Gasteiger charge is 1.95. The van der Waals surface area contributed by atoms with Gasteiger partial charge in [-0.1, -0.05) is 13.8 Å². The van der Waals surface area contributed by atoms with Gasteiger partial charge in [0.2, 0.25) is 0 Å². The summed E-state index contributed by atoms with van der Waals surface area (Å²) in [6.45, 7) is 6.73. The highest BCUT2D eigenvalue weighted by atomic mass is 32.2. The monoisotopic (exact) mass is 243 g/mol. The van der Waals surface area contributed by atoms with Crippen molar-refractivity contribution in [2.45, 2.75) is 26.8 Å². The van der Waals surface area contributed by atoms with Gasteiger partial charge in [-0.2, -0.15) is 23.1 Å². The number of hydrogen-bond acceptors (Lipinski definition) is 3. The van der Waals surface area contributed by atoms with E-state index in [2.05, 4.69) is 47.8 Å². The Balaban J connectivity index is 1.85. The van der Waals surface area contributed by atoms with Gasteiger partial charge in [0.25, 0.3) is 0 Å². The van der Waals surface area contributed by atoms with Gasteiger partial charge < -0.3 is 5.32 Å². The van der Waals surface area contributed by atoms with Gasteiger partial charge in [-0.3, -0.25) is 0 Å². The summed E-state index contributed by atoms with van der Waals surface area (Å²) in [5.74, 6) is 3.41. The molecule has 1 nitrogen and oxygen atoms in total. The van der Waals surface area contributed by atoms with Gasteiger partial charge in [-0.15, -0.1) is 0 Å². The summed E-state index contributed by atoms with van der Waals surface area (Å²) in [7, 11) is 0. The van der Waals surface area contributed by atoms with Crippen LogP contribution in [0.5, 0.6) is 0 Å². The zero-order valence-corrected chi connectivity index (χ0v) is 11.3. The predicted molar refractivity (Wildman–Crippen MR) is 72.8 cm³/mol. The van der Waals surface area contributed by atoms with E-state index < -0.39 is 0 Å². The van der Waals surface area contributed by atoms with Gasteiger partial charge in [-0.05, 0) is 52.8 Å². The largest absolute Gasteiger partial charge is 0.313 e. The van der Waals surface area contributed by atoms with Crippen molar-refractivity contribution >= 4 is 23.1 Å². The van der Waals surface area contributed by atoms with E-state index in [-0.39, 0.29) is 0 Å². The topological polar surface area (TPSA) is 12.0 Å². The fourth-order valence-electron chi connectivity index (χ4n) is 1.24. The number of nitrogens with one attached hydrogen (secondary N) is 1. The first-order valence-corrected chi connectivity index (χ1v) is 7.68. The Bertz CT molecular complexity index is 232. The molecule has 86 valence electrons. The molecule has 0 aliphatic carbocycles. The van der Waals surface area contributed by atoms with Gasteiger partial charge in [0.05, 0.1) is 0 Å². The summed E-state index contributed by atoms with van der Waals surface area (Å²) in [5.41, 5.74) is 1.41. The minimum atomic E-state index is 0.828. The molecule has 0 unspecified atom stereocenters. The third-order valence-electron chi connectivity index (χ3n) is 2.00. The fraction of sp³-hybridized carbons (Fsp3) is 0.667. The average molecular weight is 243 g/mol. The lowest BCUT2D eigenvalue weighted by atomic mass is 10.3. The molecule has 0 bridgehead atoms. The van der Waals surface area contributed by atoms with Gasteiger partial charge >= 0.3 is 0 Å². The summed E-state index contributed by atoms with van der Waals surface area (Å²) >= 11 is 3.84. The van der Waals surface area contributed by atoms with Crippen LogP contribution < -0.4 is 5.32 Å². The summed E-state index contributed by atoms with van der Waals surface area (Å²) < 4.78 is 0. The number of thiophene rings is 1. The van der Waals surface area contributed by atoms with Crippen LogP contribution in [0.4, 0.5) is 0 Å². The third kappa shape index (κ3) is 6.98. The van der Waals surface area contributed by atoms with Gasteiger partial charge in [0.15, 0.2) is 0 Å². The third-order valence-corrected chi connectivity index (χ3v) is 4.21. The van der Waals surface area contributed by atoms with Crippen molar-refractivity contribution in [2.24, 2.45) is 5.92 Å². The summed E-state index contributed by atoms with van der Waals surface area (Å²) in [6.07, 6.45) is 1.28. The molecule has 0 aliphatic heterocycles. The van der Waals surface area contributed by atoms with Crippen LogP contribution in [0.15, 0.2) is 16.8 Å². The second-order valence-electron chi connectivity index (χ2n) is 4.13. The summed E-state index contributed by atoms with van der Waals surface area (Å²) in [4.78, 5) is 0. The van der Waals surface area contributed by atoms with Crippen LogP contribution in [0.25, 0.3) is 0 Å². The molecule has 0 saturated carbocycles. The molecule has 0 amide bonds. The molecule has 1 heterocycles. The Morgan fingerprint density at radius 3 is 3.00 bits per heavy atom. The van der Waals surface area contributed by atoms with Crippen LogP contribution in [0, 0.1) is 5.92 Å². The van der Waals surface area contributed by atoms with Crippen molar-refractivity contribution in [1.29, 1.82) is 0 Å². The van der Waals surface area contributed by atoms with Crippen LogP contribution in [-0.2, 0) is 6.54 Å². The van der Waals surface area contributed by atoms with Gasteiger partial charge in [-0.25, -0.2) is 0 Å². The lowest BCUT2D eigenvalue weighted by Gasteiger charge is -2.05. The Labute approximate surface area is 102 Å². The van der Waals surface area contributed by atoms with Gasteiger partial charge in [0.1, 0.15) is 0 Å². The van der Waals surface area contributed by atoms with E-state index in [0.717, 1.165) is 19.0 Å². The Morgan fingerprint density at radius 1 is 1.47 bits per heavy atom. The smallest absolute Gasteiger partial charge is 0.0213 e. The van der Waals surface area contributed by atoms with Crippen LogP contribution in [0.1, 0.15) is 25.8 Å². The van der Waals surface area contributed by atoms with E-state index in [1.807, 2.05) is 0 Å². The second-order valence-corrected chi connectivity index (χ2v) is 6.06. The highest BCUT2D eigenvalue weighted by Crippen LogP contribution is 2.08. The first-order valence-electron chi connectivity index (χ1n) is 5.58. The Morgan fingerprint density at radius 2 is 2.33 bits per heavy atom. The zero-order valence-electron chi connectivity index (χ0n) is 9.66. The van der Waals surface area contributed by atoms with Gasteiger partial charge in [0, 0.05) is 6.54 Å². The molecule has 0 radical (unpaired) electrons. The molecule has 15 heavy (non-hydrogen) atoms. The molecule has 1 aromatic heterocycles. The molecule has 0 fully saturated rings. The molecular formula is C12H21NS2. The normalized spacial score (nSPS) is 11.1. The molecular weight excluding hydrogens is 222 g/mol. The lowest BCUT2D eigenvalue weighted by molar-refractivity contribution is 0.679. The van der Waals surface area contributed by atoms with Crippen molar-refractivity contribution in [3.63, 3.8) is 0 Å². The van der Waals surface area contributed by atoms with E-state index in [1.165, 1.54) is 23.5 Å². The van der Waals surface area contributed by atoms with E-state index in [4.69, 9.17) is 0 Å². The molecule has 0 aromatic carbocycles. The Hall–Kier alpha value is 0.01000. The highest BCUT2D eigenvalue weighted by molar-refractivity contribution is 7.99. The fourth-order valence-corrected chi connectivity index (χ4v) is 2.90. The second kappa shape index (κ2) is 8.20. The molecule has 0 atom stereocenters. The predicted octanol–water partition coefficient (Wildman–Crippen LogP) is 3.62. The molecule has 3 heteroatoms. The maximum Gasteiger partial charge on any atom is 0.0213 e. The van der Waals surface area contributed by atoms with Crippen LogP contribution in [0.3, 0.4) is 0 Å². The summed E-state index contributed by atoms with van der Waals surface area (Å²) in [6, 6.07) is 2.19. The van der Waals surface area contributed by atoms with E-state index in [9.17, 15) is 0 Å². The molecule has 0 aliphatic rings. The first kappa shape index (κ1) is 13.1. The van der Waals surface area contributed by atoms with E-state index in [0.29, 0.717) is 0 Å². The van der Waals surface area contributed by atoms with Crippen molar-refractivity contribution in [3.05, 3.63) is 22.4 Å². The molecule has 1 rings (SSSR count). The summed E-state index contributed by atoms with van der Waals surface area (Å²) in [5, 5.41) is 7.81. The molecule has 1 N–H and O–H groups in total. The standard InChI is InChI=1S/C12H21NS2/c1-11(2)9-14-6-3-5-13-8-12-4-7-15-10-12/h4,7,10-11,13H,3,5-6,8-9H2,1-2H3. The zero-order chi connectivity index (χ0) is 10.9. The molecule has 0 saturated heterocycles. The number of rotatable bonds is 8. The molecule has 0 spiro atoms. The van der Waals surface area contributed by atoms with Crippen molar-refractivity contribution < 1.29 is 0 Å². The van der Waals surface area contributed by atoms with E-state index in [1.54, 1.807) is 11.3 Å². The number of hydrogen-bond donors (Lipinski definition) is 1. The van der Waals surface area contributed by atoms with Crippen LogP contribution in [0.2, 0.25) is 0 Å². The maximum absolute atomic E-state index is 3.47.